The number of carbonyl (C=O) groups is 1. The quantitative estimate of drug-likeness (QED) is 0.775. The molecule has 23 heavy (non-hydrogen) atoms. The van der Waals surface area contributed by atoms with E-state index in [0.29, 0.717) is 12.6 Å². The molecule has 4 heterocycles. The summed E-state index contributed by atoms with van der Waals surface area (Å²) in [7, 11) is 0. The third-order valence-corrected chi connectivity index (χ3v) is 5.37. The minimum absolute atomic E-state index is 0.0116. The fraction of sp³-hybridized carbons (Fsp3) is 0.294. The summed E-state index contributed by atoms with van der Waals surface area (Å²) in [6.07, 6.45) is 7.99. The first-order valence-electron chi connectivity index (χ1n) is 7.82. The van der Waals surface area contributed by atoms with Crippen molar-refractivity contribution in [2.75, 3.05) is 6.54 Å². The summed E-state index contributed by atoms with van der Waals surface area (Å²) in [5.41, 5.74) is 1.94. The van der Waals surface area contributed by atoms with Crippen LogP contribution in [0, 0.1) is 0 Å². The van der Waals surface area contributed by atoms with Gasteiger partial charge >= 0.3 is 0 Å². The molecule has 0 saturated carbocycles. The maximum atomic E-state index is 12.3. The number of hydrogen-bond acceptors (Lipinski definition) is 4. The fourth-order valence-corrected chi connectivity index (χ4v) is 3.96. The molecule has 3 aromatic heterocycles. The van der Waals surface area contributed by atoms with E-state index in [1.54, 1.807) is 17.5 Å². The van der Waals surface area contributed by atoms with E-state index in [9.17, 15) is 4.79 Å². The van der Waals surface area contributed by atoms with E-state index in [-0.39, 0.29) is 5.91 Å². The number of hydrogen-bond donors (Lipinski definition) is 2. The van der Waals surface area contributed by atoms with Crippen molar-refractivity contribution in [2.24, 2.45) is 0 Å². The van der Waals surface area contributed by atoms with Crippen LogP contribution in [0.1, 0.15) is 39.0 Å². The van der Waals surface area contributed by atoms with E-state index in [0.717, 1.165) is 29.1 Å². The molecule has 5 nitrogen and oxygen atoms in total. The van der Waals surface area contributed by atoms with Gasteiger partial charge in [-0.2, -0.15) is 0 Å². The molecular formula is C17H18N4OS. The predicted molar refractivity (Wildman–Crippen MR) is 90.7 cm³/mol. The Bertz CT molecular complexity index is 832. The van der Waals surface area contributed by atoms with Crippen molar-refractivity contribution < 1.29 is 4.79 Å². The van der Waals surface area contributed by atoms with Crippen molar-refractivity contribution in [2.45, 2.75) is 25.4 Å². The molecule has 1 amide bonds. The van der Waals surface area contributed by atoms with Gasteiger partial charge in [0.05, 0.1) is 4.88 Å². The summed E-state index contributed by atoms with van der Waals surface area (Å²) in [5.74, 6) is -0.0116. The molecule has 118 valence electrons. The topological polar surface area (TPSA) is 58.4 Å². The molecule has 0 radical (unpaired) electrons. The van der Waals surface area contributed by atoms with Crippen molar-refractivity contribution in [3.8, 4) is 0 Å². The van der Waals surface area contributed by atoms with Crippen LogP contribution in [-0.2, 0) is 6.54 Å². The number of nitrogens with one attached hydrogen (secondary N) is 2. The molecule has 1 aliphatic rings. The van der Waals surface area contributed by atoms with Crippen LogP contribution in [0.4, 0.5) is 0 Å². The van der Waals surface area contributed by atoms with Gasteiger partial charge in [-0.3, -0.25) is 4.79 Å². The van der Waals surface area contributed by atoms with Gasteiger partial charge in [0.2, 0.25) is 0 Å². The number of aromatic nitrogens is 2. The summed E-state index contributed by atoms with van der Waals surface area (Å²) in [5, 5.41) is 6.46. The van der Waals surface area contributed by atoms with Gasteiger partial charge in [-0.15, -0.1) is 11.3 Å². The SMILES string of the molecule is O=C(NCc1ccn2ccnc2c1)c1ccc(C2CCCN2)s1. The number of thiophene rings is 1. The molecule has 0 spiro atoms. The van der Waals surface area contributed by atoms with Gasteiger partial charge in [-0.25, -0.2) is 4.98 Å². The molecule has 3 aromatic rings. The second-order valence-electron chi connectivity index (χ2n) is 5.76. The zero-order chi connectivity index (χ0) is 15.6. The van der Waals surface area contributed by atoms with Crippen LogP contribution in [-0.4, -0.2) is 21.8 Å². The number of nitrogens with zero attached hydrogens (tertiary/aromatic N) is 2. The van der Waals surface area contributed by atoms with Gasteiger partial charge in [0, 0.05) is 36.1 Å². The molecule has 1 unspecified atom stereocenters. The van der Waals surface area contributed by atoms with Gasteiger partial charge in [0.25, 0.3) is 5.91 Å². The smallest absolute Gasteiger partial charge is 0.261 e. The molecule has 1 atom stereocenters. The normalized spacial score (nSPS) is 17.7. The molecule has 2 N–H and O–H groups in total. The third-order valence-electron chi connectivity index (χ3n) is 4.17. The highest BCUT2D eigenvalue weighted by Gasteiger charge is 2.19. The van der Waals surface area contributed by atoms with E-state index in [1.807, 2.05) is 35.0 Å². The first kappa shape index (κ1) is 14.4. The summed E-state index contributed by atoms with van der Waals surface area (Å²) in [6, 6.07) is 8.40. The number of pyridine rings is 1. The molecule has 0 aromatic carbocycles. The Kier molecular flexibility index (Phi) is 3.85. The first-order chi connectivity index (χ1) is 11.3. The highest BCUT2D eigenvalue weighted by Crippen LogP contribution is 2.29. The highest BCUT2D eigenvalue weighted by molar-refractivity contribution is 7.14. The van der Waals surface area contributed by atoms with Crippen molar-refractivity contribution in [3.63, 3.8) is 0 Å². The van der Waals surface area contributed by atoms with E-state index >= 15 is 0 Å². The highest BCUT2D eigenvalue weighted by atomic mass is 32.1. The minimum atomic E-state index is -0.0116. The van der Waals surface area contributed by atoms with Gasteiger partial charge < -0.3 is 15.0 Å². The van der Waals surface area contributed by atoms with Crippen LogP contribution >= 0.6 is 11.3 Å². The Morgan fingerprint density at radius 1 is 1.39 bits per heavy atom. The number of carbonyl (C=O) groups excluding carboxylic acids is 1. The van der Waals surface area contributed by atoms with E-state index < -0.39 is 0 Å². The zero-order valence-electron chi connectivity index (χ0n) is 12.7. The molecular weight excluding hydrogens is 308 g/mol. The lowest BCUT2D eigenvalue weighted by atomic mass is 10.2. The molecule has 4 rings (SSSR count). The lowest BCUT2D eigenvalue weighted by molar-refractivity contribution is 0.0955. The van der Waals surface area contributed by atoms with Crippen LogP contribution in [0.3, 0.4) is 0 Å². The Balaban J connectivity index is 1.41. The summed E-state index contributed by atoms with van der Waals surface area (Å²) in [6.45, 7) is 1.58. The molecule has 0 bridgehead atoms. The lowest BCUT2D eigenvalue weighted by Crippen LogP contribution is -2.21. The van der Waals surface area contributed by atoms with Gasteiger partial charge in [0.15, 0.2) is 0 Å². The Labute approximate surface area is 138 Å². The van der Waals surface area contributed by atoms with Crippen molar-refractivity contribution in [1.82, 2.24) is 20.0 Å². The van der Waals surface area contributed by atoms with Crippen LogP contribution in [0.2, 0.25) is 0 Å². The second-order valence-corrected chi connectivity index (χ2v) is 6.88. The summed E-state index contributed by atoms with van der Waals surface area (Å²) in [4.78, 5) is 18.6. The maximum absolute atomic E-state index is 12.3. The zero-order valence-corrected chi connectivity index (χ0v) is 13.5. The molecule has 1 saturated heterocycles. The van der Waals surface area contributed by atoms with E-state index in [1.165, 1.54) is 11.3 Å². The largest absolute Gasteiger partial charge is 0.347 e. The average molecular weight is 326 g/mol. The number of fused-ring (bicyclic) bond motifs is 1. The van der Waals surface area contributed by atoms with Gasteiger partial charge in [0.1, 0.15) is 5.65 Å². The molecule has 6 heteroatoms. The van der Waals surface area contributed by atoms with E-state index in [2.05, 4.69) is 21.7 Å². The average Bonchev–Trinajstić information content (AvgIpc) is 3.32. The van der Waals surface area contributed by atoms with Crippen LogP contribution in [0.15, 0.2) is 42.9 Å². The number of imidazole rings is 1. The van der Waals surface area contributed by atoms with E-state index in [4.69, 9.17) is 0 Å². The summed E-state index contributed by atoms with van der Waals surface area (Å²) < 4.78 is 1.95. The summed E-state index contributed by atoms with van der Waals surface area (Å²) >= 11 is 1.59. The second kappa shape index (κ2) is 6.14. The monoisotopic (exact) mass is 326 g/mol. The molecule has 1 fully saturated rings. The minimum Gasteiger partial charge on any atom is -0.347 e. The predicted octanol–water partition coefficient (Wildman–Crippen LogP) is 2.75. The number of rotatable bonds is 4. The van der Waals surface area contributed by atoms with Gasteiger partial charge in [-0.05, 0) is 49.2 Å². The molecule has 1 aliphatic heterocycles. The Hall–Kier alpha value is -2.18. The molecule has 0 aliphatic carbocycles. The maximum Gasteiger partial charge on any atom is 0.261 e. The van der Waals surface area contributed by atoms with Crippen molar-refractivity contribution in [1.29, 1.82) is 0 Å². The lowest BCUT2D eigenvalue weighted by Gasteiger charge is -2.06. The Morgan fingerprint density at radius 3 is 3.22 bits per heavy atom. The van der Waals surface area contributed by atoms with Crippen LogP contribution in [0.25, 0.3) is 5.65 Å². The van der Waals surface area contributed by atoms with Crippen molar-refractivity contribution >= 4 is 22.9 Å². The van der Waals surface area contributed by atoms with Gasteiger partial charge in [-0.1, -0.05) is 0 Å². The third kappa shape index (κ3) is 3.00. The fourth-order valence-electron chi connectivity index (χ4n) is 2.92. The Morgan fingerprint density at radius 2 is 2.35 bits per heavy atom. The standard InChI is InChI=1S/C17H18N4OS/c22-17(15-4-3-14(23-15)13-2-1-6-18-13)20-11-12-5-8-21-9-7-19-16(21)10-12/h3-5,7-10,13,18H,1-2,6,11H2,(H,20,22). The van der Waals surface area contributed by atoms with Crippen LogP contribution < -0.4 is 10.6 Å². The first-order valence-corrected chi connectivity index (χ1v) is 8.64. The van der Waals surface area contributed by atoms with Crippen molar-refractivity contribution in [3.05, 3.63) is 58.2 Å². The number of amides is 1. The van der Waals surface area contributed by atoms with Crippen LogP contribution in [0.5, 0.6) is 0 Å².